The monoisotopic (exact) mass is 382 g/mol. The first-order chi connectivity index (χ1) is 12.2. The zero-order valence-corrected chi connectivity index (χ0v) is 15.0. The molecule has 0 saturated carbocycles. The lowest BCUT2D eigenvalue weighted by atomic mass is 9.93. The van der Waals surface area contributed by atoms with Gasteiger partial charge in [0.2, 0.25) is 0 Å². The quantitative estimate of drug-likeness (QED) is 0.153. The number of hydrogen-bond acceptors (Lipinski definition) is 8. The minimum Gasteiger partial charge on any atom is -0.481 e. The van der Waals surface area contributed by atoms with E-state index in [2.05, 4.69) is 11.3 Å². The summed E-state index contributed by atoms with van der Waals surface area (Å²) in [5.74, 6) is -2.03. The molecule has 0 aliphatic rings. The van der Waals surface area contributed by atoms with Crippen LogP contribution in [0.5, 0.6) is 0 Å². The smallest absolute Gasteiger partial charge is 0.329 e. The van der Waals surface area contributed by atoms with Gasteiger partial charge in [-0.2, -0.15) is 0 Å². The molecule has 10 heteroatoms. The first-order valence-corrected chi connectivity index (χ1v) is 7.76. The van der Waals surface area contributed by atoms with Gasteiger partial charge in [-0.3, -0.25) is 9.59 Å². The summed E-state index contributed by atoms with van der Waals surface area (Å²) < 4.78 is 4.14. The number of carbonyl (C=O) groups is 3. The Morgan fingerprint density at radius 1 is 0.846 bits per heavy atom. The third-order valence-corrected chi connectivity index (χ3v) is 2.99. The lowest BCUT2D eigenvalue weighted by Crippen LogP contribution is -2.37. The number of carboxylic acids is 2. The van der Waals surface area contributed by atoms with E-state index in [0.717, 1.165) is 6.08 Å². The molecule has 0 aliphatic heterocycles. The predicted molar refractivity (Wildman–Crippen MR) is 91.3 cm³/mol. The largest absolute Gasteiger partial charge is 0.481 e. The van der Waals surface area contributed by atoms with E-state index < -0.39 is 49.8 Å². The van der Waals surface area contributed by atoms with Crippen LogP contribution in [0.2, 0.25) is 0 Å². The van der Waals surface area contributed by atoms with Crippen molar-refractivity contribution in [2.75, 3.05) is 33.5 Å². The first kappa shape index (κ1) is 28.8. The van der Waals surface area contributed by atoms with Crippen LogP contribution in [-0.2, 0) is 19.1 Å². The summed E-state index contributed by atoms with van der Waals surface area (Å²) in [5, 5.41) is 50.4. The number of ether oxygens (including phenoxy) is 1. The molecule has 0 atom stereocenters. The highest BCUT2D eigenvalue weighted by Gasteiger charge is 2.26. The van der Waals surface area contributed by atoms with Gasteiger partial charge < -0.3 is 35.4 Å². The van der Waals surface area contributed by atoms with Gasteiger partial charge in [0.05, 0.1) is 39.0 Å². The van der Waals surface area contributed by atoms with E-state index in [1.807, 2.05) is 0 Å². The molecule has 0 fully saturated rings. The average Bonchev–Trinajstić information content (AvgIpc) is 2.63. The maximum atomic E-state index is 9.98. The molecule has 0 aromatic rings. The lowest BCUT2D eigenvalue weighted by molar-refractivity contribution is -0.137. The van der Waals surface area contributed by atoms with Crippen LogP contribution >= 0.6 is 0 Å². The van der Waals surface area contributed by atoms with Crippen LogP contribution in [0.3, 0.4) is 0 Å². The van der Waals surface area contributed by atoms with Crippen molar-refractivity contribution in [1.82, 2.24) is 0 Å². The molecule has 0 spiro atoms. The van der Waals surface area contributed by atoms with Gasteiger partial charge >= 0.3 is 17.9 Å². The van der Waals surface area contributed by atoms with Crippen molar-refractivity contribution in [2.24, 2.45) is 5.41 Å². The van der Waals surface area contributed by atoms with Crippen LogP contribution < -0.4 is 0 Å². The summed E-state index contributed by atoms with van der Waals surface area (Å²) in [6.45, 7) is 1.53. The van der Waals surface area contributed by atoms with Crippen molar-refractivity contribution < 1.29 is 49.8 Å². The topological polar surface area (TPSA) is 182 Å². The van der Waals surface area contributed by atoms with Gasteiger partial charge in [0.1, 0.15) is 0 Å². The maximum absolute atomic E-state index is 9.98. The molecule has 10 nitrogen and oxygen atoms in total. The molecule has 0 aliphatic carbocycles. The zero-order chi connectivity index (χ0) is 21.0. The number of rotatable bonds is 11. The van der Waals surface area contributed by atoms with Gasteiger partial charge in [-0.1, -0.05) is 13.0 Å². The van der Waals surface area contributed by atoms with E-state index in [1.165, 1.54) is 7.11 Å². The molecule has 0 bridgehead atoms. The third-order valence-electron chi connectivity index (χ3n) is 2.99. The van der Waals surface area contributed by atoms with E-state index in [0.29, 0.717) is 19.3 Å². The van der Waals surface area contributed by atoms with E-state index in [9.17, 15) is 14.4 Å². The molecule has 0 aromatic carbocycles. The molecule has 0 aromatic heterocycles. The number of aliphatic hydroxyl groups excluding tert-OH is 4. The number of carboxylic acid groups (broad SMARTS) is 2. The summed E-state index contributed by atoms with van der Waals surface area (Å²) in [6, 6.07) is 0. The highest BCUT2D eigenvalue weighted by molar-refractivity contribution is 5.80. The fourth-order valence-corrected chi connectivity index (χ4v) is 1.11. The summed E-state index contributed by atoms with van der Waals surface area (Å²) in [4.78, 5) is 29.8. The second-order valence-corrected chi connectivity index (χ2v) is 5.21. The molecule has 6 N–H and O–H groups in total. The Balaban J connectivity index is -0.000000319. The number of methoxy groups -OCH3 is 1. The summed E-state index contributed by atoms with van der Waals surface area (Å²) in [6.07, 6.45) is 3.21. The van der Waals surface area contributed by atoms with Crippen LogP contribution in [-0.4, -0.2) is 82.1 Å². The van der Waals surface area contributed by atoms with Gasteiger partial charge in [0, 0.05) is 18.9 Å². The molecule has 0 saturated heterocycles. The Kier molecular flexibility index (Phi) is 21.4. The Morgan fingerprint density at radius 3 is 1.31 bits per heavy atom. The summed E-state index contributed by atoms with van der Waals surface area (Å²) in [5.41, 5.74) is -1.11. The van der Waals surface area contributed by atoms with Gasteiger partial charge in [0.15, 0.2) is 0 Å². The lowest BCUT2D eigenvalue weighted by Gasteiger charge is -2.23. The Labute approximate surface area is 152 Å². The van der Waals surface area contributed by atoms with Crippen molar-refractivity contribution in [1.29, 1.82) is 0 Å². The van der Waals surface area contributed by atoms with Crippen molar-refractivity contribution in [3.05, 3.63) is 12.7 Å². The number of carbonyl (C=O) groups excluding carboxylic acids is 1. The second kappa shape index (κ2) is 19.3. The standard InChI is InChI=1S/C7H12O4.C5H12O4.C4H6O2/c8-6(9)4-2-1-3-5-7(10)11;6-1-5(2-7,3-8)4-9;1-3-4(5)6-2/h1-5H2,(H,8,9)(H,10,11);6-9H,1-4H2;3H,1H2,2H3. The number of aliphatic carboxylic acids is 2. The number of aliphatic hydroxyl groups is 4. The molecule has 0 heterocycles. The van der Waals surface area contributed by atoms with Gasteiger partial charge in [-0.05, 0) is 12.8 Å². The van der Waals surface area contributed by atoms with Gasteiger partial charge in [-0.25, -0.2) is 4.79 Å². The number of hydrogen-bond donors (Lipinski definition) is 6. The van der Waals surface area contributed by atoms with E-state index in [-0.39, 0.29) is 12.8 Å². The number of esters is 1. The van der Waals surface area contributed by atoms with Crippen molar-refractivity contribution >= 4 is 17.9 Å². The SMILES string of the molecule is C=CC(=O)OC.O=C(O)CCCCCC(=O)O.OCC(CO)(CO)CO. The van der Waals surface area contributed by atoms with Crippen LogP contribution in [0, 0.1) is 5.41 Å². The van der Waals surface area contributed by atoms with Crippen molar-refractivity contribution in [2.45, 2.75) is 32.1 Å². The molecule has 154 valence electrons. The minimum absolute atomic E-state index is 0.139. The maximum Gasteiger partial charge on any atom is 0.329 e. The number of unbranched alkanes of at least 4 members (excludes halogenated alkanes) is 2. The predicted octanol–water partition coefficient (Wildman–Crippen LogP) is -0.606. The Hall–Kier alpha value is -2.01. The zero-order valence-electron chi connectivity index (χ0n) is 15.0. The summed E-state index contributed by atoms with van der Waals surface area (Å²) in [7, 11) is 1.31. The average molecular weight is 382 g/mol. The molecule has 26 heavy (non-hydrogen) atoms. The Bertz CT molecular complexity index is 357. The van der Waals surface area contributed by atoms with Crippen LogP contribution in [0.25, 0.3) is 0 Å². The van der Waals surface area contributed by atoms with E-state index >= 15 is 0 Å². The molecule has 0 unspecified atom stereocenters. The molecular formula is C16H30O10. The first-order valence-electron chi connectivity index (χ1n) is 7.76. The third kappa shape index (κ3) is 20.0. The van der Waals surface area contributed by atoms with E-state index in [4.69, 9.17) is 30.6 Å². The fourth-order valence-electron chi connectivity index (χ4n) is 1.11. The van der Waals surface area contributed by atoms with Crippen molar-refractivity contribution in [3.63, 3.8) is 0 Å². The van der Waals surface area contributed by atoms with Crippen LogP contribution in [0.1, 0.15) is 32.1 Å². The van der Waals surface area contributed by atoms with E-state index in [1.54, 1.807) is 0 Å². The molecular weight excluding hydrogens is 352 g/mol. The summed E-state index contributed by atoms with van der Waals surface area (Å²) >= 11 is 0. The van der Waals surface area contributed by atoms with Crippen LogP contribution in [0.4, 0.5) is 0 Å². The van der Waals surface area contributed by atoms with Gasteiger partial charge in [0.25, 0.3) is 0 Å². The van der Waals surface area contributed by atoms with Gasteiger partial charge in [-0.15, -0.1) is 0 Å². The molecule has 0 amide bonds. The molecule has 0 radical (unpaired) electrons. The van der Waals surface area contributed by atoms with Crippen LogP contribution in [0.15, 0.2) is 12.7 Å². The fraction of sp³-hybridized carbons (Fsp3) is 0.688. The minimum atomic E-state index is -1.11. The highest BCUT2D eigenvalue weighted by atomic mass is 16.5. The highest BCUT2D eigenvalue weighted by Crippen LogP contribution is 2.11. The Morgan fingerprint density at radius 2 is 1.19 bits per heavy atom. The second-order valence-electron chi connectivity index (χ2n) is 5.21. The van der Waals surface area contributed by atoms with Crippen molar-refractivity contribution in [3.8, 4) is 0 Å². The normalized spacial score (nSPS) is 9.73. The molecule has 0 rings (SSSR count).